The van der Waals surface area contributed by atoms with Crippen LogP contribution in [0.25, 0.3) is 0 Å². The molecule has 1 aliphatic heterocycles. The first-order valence-electron chi connectivity index (χ1n) is 8.31. The number of hydrogen-bond donors (Lipinski definition) is 1. The zero-order valence-corrected chi connectivity index (χ0v) is 14.1. The van der Waals surface area contributed by atoms with Crippen molar-refractivity contribution in [2.24, 2.45) is 11.7 Å². The van der Waals surface area contributed by atoms with Gasteiger partial charge in [-0.05, 0) is 42.7 Å². The van der Waals surface area contributed by atoms with E-state index >= 15 is 0 Å². The van der Waals surface area contributed by atoms with Crippen molar-refractivity contribution < 1.29 is 4.79 Å². The minimum absolute atomic E-state index is 0. The minimum Gasteiger partial charge on any atom is -0.327 e. The van der Waals surface area contributed by atoms with Gasteiger partial charge in [0.2, 0.25) is 5.91 Å². The molecule has 22 heavy (non-hydrogen) atoms. The van der Waals surface area contributed by atoms with E-state index < -0.39 is 0 Å². The Morgan fingerprint density at radius 2 is 1.95 bits per heavy atom. The van der Waals surface area contributed by atoms with Gasteiger partial charge in [-0.3, -0.25) is 4.79 Å². The summed E-state index contributed by atoms with van der Waals surface area (Å²) >= 11 is 0. The molecular weight excluding hydrogens is 296 g/mol. The van der Waals surface area contributed by atoms with Crippen molar-refractivity contribution in [2.45, 2.75) is 57.4 Å². The van der Waals surface area contributed by atoms with E-state index in [1.807, 2.05) is 11.0 Å². The summed E-state index contributed by atoms with van der Waals surface area (Å²) in [6.07, 6.45) is 6.29. The van der Waals surface area contributed by atoms with Crippen molar-refractivity contribution >= 4 is 24.0 Å². The summed E-state index contributed by atoms with van der Waals surface area (Å²) in [6.45, 7) is 3.09. The van der Waals surface area contributed by atoms with E-state index in [-0.39, 0.29) is 24.4 Å². The highest BCUT2D eigenvalue weighted by Gasteiger charge is 2.30. The number of amides is 1. The maximum absolute atomic E-state index is 12.8. The van der Waals surface area contributed by atoms with Crippen molar-refractivity contribution in [1.82, 2.24) is 0 Å². The van der Waals surface area contributed by atoms with E-state index in [4.69, 9.17) is 5.73 Å². The molecule has 1 aromatic rings. The second kappa shape index (κ2) is 7.47. The van der Waals surface area contributed by atoms with Crippen LogP contribution < -0.4 is 10.6 Å². The Balaban J connectivity index is 0.00000176. The lowest BCUT2D eigenvalue weighted by molar-refractivity contribution is -0.120. The highest BCUT2D eigenvalue weighted by Crippen LogP contribution is 2.36. The lowest BCUT2D eigenvalue weighted by Crippen LogP contribution is -2.41. The highest BCUT2D eigenvalue weighted by molar-refractivity contribution is 5.94. The highest BCUT2D eigenvalue weighted by atomic mass is 35.5. The van der Waals surface area contributed by atoms with Crippen LogP contribution in [0.2, 0.25) is 0 Å². The fourth-order valence-corrected chi connectivity index (χ4v) is 3.83. The number of nitrogens with zero attached hydrogens (tertiary/aromatic N) is 1. The molecule has 3 nitrogen and oxygen atoms in total. The lowest BCUT2D eigenvalue weighted by atomic mass is 9.82. The van der Waals surface area contributed by atoms with Gasteiger partial charge in [-0.25, -0.2) is 0 Å². The van der Waals surface area contributed by atoms with E-state index in [2.05, 4.69) is 25.1 Å². The molecule has 4 heteroatoms. The first-order chi connectivity index (χ1) is 10.2. The molecule has 1 aliphatic carbocycles. The molecule has 0 bridgehead atoms. The van der Waals surface area contributed by atoms with Crippen molar-refractivity contribution in [3.05, 3.63) is 29.8 Å². The van der Waals surface area contributed by atoms with Crippen molar-refractivity contribution in [3.8, 4) is 0 Å². The Morgan fingerprint density at radius 1 is 1.23 bits per heavy atom. The maximum atomic E-state index is 12.8. The number of hydrogen-bond acceptors (Lipinski definition) is 2. The SMILES string of the molecule is CC1CCN(C(=O)CC2CCCCC2N)c2ccccc21.Cl. The van der Waals surface area contributed by atoms with Gasteiger partial charge in [0.25, 0.3) is 0 Å². The summed E-state index contributed by atoms with van der Waals surface area (Å²) in [5, 5.41) is 0. The fourth-order valence-electron chi connectivity index (χ4n) is 3.83. The molecule has 2 aliphatic rings. The first kappa shape index (κ1) is 17.3. The standard InChI is InChI=1S/C18H26N2O.ClH/c1-13-10-11-20(17-9-5-3-7-15(13)17)18(21)12-14-6-2-4-8-16(14)19;/h3,5,7,9,13-14,16H,2,4,6,8,10-12,19H2,1H3;1H. The smallest absolute Gasteiger partial charge is 0.227 e. The number of halogens is 1. The third kappa shape index (κ3) is 3.47. The van der Waals surface area contributed by atoms with Crippen LogP contribution in [0.3, 0.4) is 0 Å². The molecule has 0 saturated heterocycles. The molecule has 0 radical (unpaired) electrons. The van der Waals surface area contributed by atoms with Gasteiger partial charge in [0.15, 0.2) is 0 Å². The van der Waals surface area contributed by atoms with Crippen LogP contribution in [0, 0.1) is 5.92 Å². The second-order valence-electron chi connectivity index (χ2n) is 6.71. The van der Waals surface area contributed by atoms with Gasteiger partial charge in [-0.15, -0.1) is 12.4 Å². The topological polar surface area (TPSA) is 46.3 Å². The molecule has 1 heterocycles. The predicted octanol–water partition coefficient (Wildman–Crippen LogP) is 3.86. The number of nitrogens with two attached hydrogens (primary N) is 1. The van der Waals surface area contributed by atoms with E-state index in [1.165, 1.54) is 18.4 Å². The van der Waals surface area contributed by atoms with Crippen LogP contribution in [0.1, 0.15) is 56.9 Å². The van der Waals surface area contributed by atoms with Crippen molar-refractivity contribution in [1.29, 1.82) is 0 Å². The fraction of sp³-hybridized carbons (Fsp3) is 0.611. The molecule has 3 unspecified atom stereocenters. The van der Waals surface area contributed by atoms with Crippen LogP contribution in [-0.4, -0.2) is 18.5 Å². The molecule has 2 N–H and O–H groups in total. The maximum Gasteiger partial charge on any atom is 0.227 e. The molecule has 0 aromatic heterocycles. The minimum atomic E-state index is 0. The normalized spacial score (nSPS) is 27.7. The van der Waals surface area contributed by atoms with Crippen LogP contribution in [0.15, 0.2) is 24.3 Å². The average molecular weight is 323 g/mol. The Morgan fingerprint density at radius 3 is 2.73 bits per heavy atom. The summed E-state index contributed by atoms with van der Waals surface area (Å²) in [5.41, 5.74) is 8.63. The Kier molecular flexibility index (Phi) is 5.87. The summed E-state index contributed by atoms with van der Waals surface area (Å²) in [7, 11) is 0. The van der Waals surface area contributed by atoms with Crippen molar-refractivity contribution in [2.75, 3.05) is 11.4 Å². The molecule has 1 amide bonds. The quantitative estimate of drug-likeness (QED) is 0.898. The number of benzene rings is 1. The zero-order valence-electron chi connectivity index (χ0n) is 13.3. The first-order valence-corrected chi connectivity index (χ1v) is 8.31. The number of carbonyl (C=O) groups is 1. The van der Waals surface area contributed by atoms with E-state index in [0.717, 1.165) is 31.5 Å². The Bertz CT molecular complexity index is 520. The van der Waals surface area contributed by atoms with E-state index in [1.54, 1.807) is 0 Å². The number of para-hydroxylation sites is 1. The van der Waals surface area contributed by atoms with Gasteiger partial charge in [0.1, 0.15) is 0 Å². The number of anilines is 1. The van der Waals surface area contributed by atoms with Crippen LogP contribution in [-0.2, 0) is 4.79 Å². The Labute approximate surface area is 139 Å². The summed E-state index contributed by atoms with van der Waals surface area (Å²) in [5.74, 6) is 1.18. The monoisotopic (exact) mass is 322 g/mol. The van der Waals surface area contributed by atoms with Gasteiger partial charge in [0, 0.05) is 24.7 Å². The molecule has 122 valence electrons. The van der Waals surface area contributed by atoms with Gasteiger partial charge in [0.05, 0.1) is 0 Å². The molecule has 0 spiro atoms. The third-order valence-corrected chi connectivity index (χ3v) is 5.25. The van der Waals surface area contributed by atoms with Gasteiger partial charge in [-0.2, -0.15) is 0 Å². The largest absolute Gasteiger partial charge is 0.327 e. The van der Waals surface area contributed by atoms with E-state index in [9.17, 15) is 4.79 Å². The second-order valence-corrected chi connectivity index (χ2v) is 6.71. The Hall–Kier alpha value is -1.06. The number of carbonyl (C=O) groups excluding carboxylic acids is 1. The zero-order chi connectivity index (χ0) is 14.8. The van der Waals surface area contributed by atoms with E-state index in [0.29, 0.717) is 18.3 Å². The summed E-state index contributed by atoms with van der Waals surface area (Å²) in [6, 6.07) is 8.56. The van der Waals surface area contributed by atoms with Gasteiger partial charge < -0.3 is 10.6 Å². The van der Waals surface area contributed by atoms with Gasteiger partial charge >= 0.3 is 0 Å². The number of fused-ring (bicyclic) bond motifs is 1. The van der Waals surface area contributed by atoms with Crippen LogP contribution in [0.5, 0.6) is 0 Å². The molecule has 1 fully saturated rings. The molecule has 3 atom stereocenters. The number of rotatable bonds is 2. The molecule has 1 aromatic carbocycles. The van der Waals surface area contributed by atoms with Crippen molar-refractivity contribution in [3.63, 3.8) is 0 Å². The summed E-state index contributed by atoms with van der Waals surface area (Å²) < 4.78 is 0. The molecular formula is C18H27ClN2O. The third-order valence-electron chi connectivity index (χ3n) is 5.25. The van der Waals surface area contributed by atoms with Gasteiger partial charge in [-0.1, -0.05) is 38.0 Å². The average Bonchev–Trinajstić information content (AvgIpc) is 2.50. The summed E-state index contributed by atoms with van der Waals surface area (Å²) in [4.78, 5) is 14.7. The molecule has 1 saturated carbocycles. The van der Waals surface area contributed by atoms with Crippen LogP contribution in [0.4, 0.5) is 5.69 Å². The van der Waals surface area contributed by atoms with Crippen LogP contribution >= 0.6 is 12.4 Å². The molecule has 3 rings (SSSR count). The predicted molar refractivity (Wildman–Crippen MR) is 93.6 cm³/mol. The lowest BCUT2D eigenvalue weighted by Gasteiger charge is -2.35.